The van der Waals surface area contributed by atoms with E-state index < -0.39 is 11.9 Å². The summed E-state index contributed by atoms with van der Waals surface area (Å²) in [6.45, 7) is 1.64. The van der Waals surface area contributed by atoms with Gasteiger partial charge in [-0.05, 0) is 24.6 Å². The molecule has 0 saturated carbocycles. The second-order valence-electron chi connectivity index (χ2n) is 7.35. The second kappa shape index (κ2) is 7.67. The van der Waals surface area contributed by atoms with E-state index in [1.807, 2.05) is 56.4 Å². The maximum Gasteiger partial charge on any atom is 0.325 e. The number of carbonyl (C=O) groups is 3. The third-order valence-corrected chi connectivity index (χ3v) is 5.75. The van der Waals surface area contributed by atoms with Crippen LogP contribution in [-0.4, -0.2) is 47.4 Å². The molecule has 0 fully saturated rings. The summed E-state index contributed by atoms with van der Waals surface area (Å²) in [5.74, 6) is -1.15. The Morgan fingerprint density at radius 3 is 2.57 bits per heavy atom. The molecule has 4 rings (SSSR count). The number of nitrogens with one attached hydrogen (secondary N) is 1. The largest absolute Gasteiger partial charge is 0.468 e. The van der Waals surface area contributed by atoms with E-state index in [0.29, 0.717) is 5.56 Å². The van der Waals surface area contributed by atoms with Crippen molar-refractivity contribution < 1.29 is 19.1 Å². The van der Waals surface area contributed by atoms with E-state index in [0.717, 1.165) is 27.7 Å². The summed E-state index contributed by atoms with van der Waals surface area (Å²) >= 11 is 0. The number of para-hydroxylation sites is 1. The molecule has 1 atom stereocenters. The summed E-state index contributed by atoms with van der Waals surface area (Å²) in [4.78, 5) is 38.7. The molecule has 2 amide bonds. The molecule has 2 aromatic carbocycles. The Kier molecular flexibility index (Phi) is 5.03. The minimum absolute atomic E-state index is 0.155. The number of ether oxygens (including phenoxy) is 1. The quantitative estimate of drug-likeness (QED) is 0.661. The van der Waals surface area contributed by atoms with Gasteiger partial charge in [-0.2, -0.15) is 0 Å². The van der Waals surface area contributed by atoms with Crippen LogP contribution in [0.3, 0.4) is 0 Å². The molecule has 0 spiro atoms. The molecule has 1 aromatic heterocycles. The highest BCUT2D eigenvalue weighted by atomic mass is 16.5. The van der Waals surface area contributed by atoms with Crippen LogP contribution in [0.25, 0.3) is 10.9 Å². The Morgan fingerprint density at radius 1 is 1.10 bits per heavy atom. The zero-order valence-electron chi connectivity index (χ0n) is 17.1. The monoisotopic (exact) mass is 405 g/mol. The van der Waals surface area contributed by atoms with Crippen LogP contribution in [0.5, 0.6) is 0 Å². The van der Waals surface area contributed by atoms with E-state index in [-0.39, 0.29) is 25.0 Å². The molecule has 0 bridgehead atoms. The molecule has 0 aliphatic carbocycles. The van der Waals surface area contributed by atoms with Crippen LogP contribution in [0.1, 0.15) is 33.2 Å². The number of rotatable bonds is 5. The van der Waals surface area contributed by atoms with Crippen molar-refractivity contribution in [1.82, 2.24) is 14.8 Å². The third-order valence-electron chi connectivity index (χ3n) is 5.75. The van der Waals surface area contributed by atoms with E-state index >= 15 is 0 Å². The molecule has 154 valence electrons. The molecule has 1 aliphatic rings. The van der Waals surface area contributed by atoms with Crippen molar-refractivity contribution in [3.8, 4) is 0 Å². The van der Waals surface area contributed by atoms with Gasteiger partial charge in [0.25, 0.3) is 5.91 Å². The molecular weight excluding hydrogens is 382 g/mol. The van der Waals surface area contributed by atoms with Crippen LogP contribution in [0, 0.1) is 6.92 Å². The van der Waals surface area contributed by atoms with Gasteiger partial charge in [0.15, 0.2) is 0 Å². The fourth-order valence-electron chi connectivity index (χ4n) is 4.19. The molecule has 0 radical (unpaired) electrons. The number of amides is 2. The number of hydrogen-bond donors (Lipinski definition) is 1. The summed E-state index contributed by atoms with van der Waals surface area (Å²) in [6, 6.07) is 15.1. The SMILES string of the molecule is COC(=O)CNC(=O)CN1C(=O)c2ccccc2C1c1c(C)n(C)c2ccccc12. The molecule has 1 aliphatic heterocycles. The predicted octanol–water partition coefficient (Wildman–Crippen LogP) is 2.32. The number of nitrogens with zero attached hydrogens (tertiary/aromatic N) is 2. The first-order chi connectivity index (χ1) is 14.4. The standard InChI is InChI=1S/C23H23N3O4/c1-14-21(17-10-6-7-11-18(17)25(14)2)22-15-8-4-5-9-16(15)23(29)26(22)13-19(27)24-12-20(28)30-3/h4-11,22H,12-13H2,1-3H3,(H,24,27). The number of methoxy groups -OCH3 is 1. The Balaban J connectivity index is 1.78. The van der Waals surface area contributed by atoms with Gasteiger partial charge in [-0.3, -0.25) is 14.4 Å². The molecule has 1 N–H and O–H groups in total. The van der Waals surface area contributed by atoms with E-state index in [1.165, 1.54) is 7.11 Å². The summed E-state index contributed by atoms with van der Waals surface area (Å²) in [5.41, 5.74) is 4.58. The molecule has 2 heterocycles. The zero-order chi connectivity index (χ0) is 21.4. The maximum absolute atomic E-state index is 13.2. The van der Waals surface area contributed by atoms with Gasteiger partial charge in [-0.15, -0.1) is 0 Å². The number of carbonyl (C=O) groups excluding carboxylic acids is 3. The average molecular weight is 405 g/mol. The number of benzene rings is 2. The molecule has 3 aromatic rings. The summed E-state index contributed by atoms with van der Waals surface area (Å²) in [6.07, 6.45) is 0. The first-order valence-electron chi connectivity index (χ1n) is 9.71. The average Bonchev–Trinajstić information content (AvgIpc) is 3.17. The van der Waals surface area contributed by atoms with Gasteiger partial charge in [0.1, 0.15) is 13.1 Å². The number of fused-ring (bicyclic) bond motifs is 2. The van der Waals surface area contributed by atoms with Gasteiger partial charge in [-0.25, -0.2) is 0 Å². The molecule has 0 saturated heterocycles. The van der Waals surface area contributed by atoms with Crippen molar-refractivity contribution in [2.75, 3.05) is 20.2 Å². The fourth-order valence-corrected chi connectivity index (χ4v) is 4.19. The lowest BCUT2D eigenvalue weighted by atomic mass is 9.95. The fraction of sp³-hybridized carbons (Fsp3) is 0.261. The normalized spacial score (nSPS) is 15.4. The molecular formula is C23H23N3O4. The lowest BCUT2D eigenvalue weighted by molar-refractivity contribution is -0.141. The van der Waals surface area contributed by atoms with Gasteiger partial charge < -0.3 is 19.5 Å². The Bertz CT molecular complexity index is 1160. The first kappa shape index (κ1) is 19.7. The predicted molar refractivity (Wildman–Crippen MR) is 112 cm³/mol. The topological polar surface area (TPSA) is 80.6 Å². The number of aromatic nitrogens is 1. The highest BCUT2D eigenvalue weighted by Gasteiger charge is 2.40. The van der Waals surface area contributed by atoms with Crippen molar-refractivity contribution in [2.45, 2.75) is 13.0 Å². The van der Waals surface area contributed by atoms with Gasteiger partial charge in [0.2, 0.25) is 5.91 Å². The highest BCUT2D eigenvalue weighted by molar-refractivity contribution is 6.03. The first-order valence-corrected chi connectivity index (χ1v) is 9.71. The molecule has 7 heteroatoms. The van der Waals surface area contributed by atoms with Crippen LogP contribution < -0.4 is 5.32 Å². The van der Waals surface area contributed by atoms with Crippen molar-refractivity contribution in [1.29, 1.82) is 0 Å². The summed E-state index contributed by atoms with van der Waals surface area (Å²) in [5, 5.41) is 3.57. The van der Waals surface area contributed by atoms with Gasteiger partial charge in [-0.1, -0.05) is 36.4 Å². The van der Waals surface area contributed by atoms with Crippen molar-refractivity contribution in [2.24, 2.45) is 7.05 Å². The second-order valence-corrected chi connectivity index (χ2v) is 7.35. The van der Waals surface area contributed by atoms with Gasteiger partial charge >= 0.3 is 5.97 Å². The van der Waals surface area contributed by atoms with Gasteiger partial charge in [0.05, 0.1) is 13.2 Å². The highest BCUT2D eigenvalue weighted by Crippen LogP contribution is 2.43. The smallest absolute Gasteiger partial charge is 0.325 e. The van der Waals surface area contributed by atoms with E-state index in [4.69, 9.17) is 0 Å². The van der Waals surface area contributed by atoms with Crippen LogP contribution in [0.2, 0.25) is 0 Å². The van der Waals surface area contributed by atoms with Crippen molar-refractivity contribution in [3.63, 3.8) is 0 Å². The Hall–Kier alpha value is -3.61. The van der Waals surface area contributed by atoms with Gasteiger partial charge in [0, 0.05) is 34.8 Å². The Morgan fingerprint density at radius 2 is 1.80 bits per heavy atom. The van der Waals surface area contributed by atoms with Crippen LogP contribution >= 0.6 is 0 Å². The minimum atomic E-state index is -0.541. The van der Waals surface area contributed by atoms with E-state index in [1.54, 1.807) is 11.0 Å². The van der Waals surface area contributed by atoms with Crippen LogP contribution in [0.4, 0.5) is 0 Å². The summed E-state index contributed by atoms with van der Waals surface area (Å²) in [7, 11) is 3.26. The maximum atomic E-state index is 13.2. The Labute approximate surface area is 174 Å². The summed E-state index contributed by atoms with van der Waals surface area (Å²) < 4.78 is 6.67. The number of hydrogen-bond acceptors (Lipinski definition) is 4. The third kappa shape index (κ3) is 3.12. The lowest BCUT2D eigenvalue weighted by Crippen LogP contribution is -2.41. The zero-order valence-corrected chi connectivity index (χ0v) is 17.1. The van der Waals surface area contributed by atoms with Crippen molar-refractivity contribution in [3.05, 3.63) is 70.9 Å². The van der Waals surface area contributed by atoms with Crippen molar-refractivity contribution >= 4 is 28.7 Å². The molecule has 7 nitrogen and oxygen atoms in total. The van der Waals surface area contributed by atoms with Crippen LogP contribution in [-0.2, 0) is 21.4 Å². The lowest BCUT2D eigenvalue weighted by Gasteiger charge is -2.26. The van der Waals surface area contributed by atoms with E-state index in [2.05, 4.69) is 14.6 Å². The number of esters is 1. The minimum Gasteiger partial charge on any atom is -0.468 e. The molecule has 1 unspecified atom stereocenters. The van der Waals surface area contributed by atoms with Crippen LogP contribution in [0.15, 0.2) is 48.5 Å². The van der Waals surface area contributed by atoms with E-state index in [9.17, 15) is 14.4 Å². The molecule has 30 heavy (non-hydrogen) atoms. The number of aryl methyl sites for hydroxylation is 1.